The van der Waals surface area contributed by atoms with E-state index in [1.165, 1.54) is 0 Å². The maximum absolute atomic E-state index is 10.3. The van der Waals surface area contributed by atoms with Crippen LogP contribution in [0.5, 0.6) is 0 Å². The van der Waals surface area contributed by atoms with E-state index in [9.17, 15) is 4.79 Å². The average molecular weight is 182 g/mol. The monoisotopic (exact) mass is 182 g/mol. The Morgan fingerprint density at radius 1 is 1.54 bits per heavy atom. The molecule has 0 bridgehead atoms. The van der Waals surface area contributed by atoms with Gasteiger partial charge in [0.15, 0.2) is 0 Å². The van der Waals surface area contributed by atoms with E-state index < -0.39 is 5.97 Å². The first-order chi connectivity index (χ1) is 6.11. The number of hydrogen-bond acceptors (Lipinski definition) is 2. The van der Waals surface area contributed by atoms with Gasteiger partial charge in [0.05, 0.1) is 5.69 Å². The van der Waals surface area contributed by atoms with Gasteiger partial charge in [-0.25, -0.2) is 0 Å². The Morgan fingerprint density at radius 3 is 2.69 bits per heavy atom. The number of aliphatic carboxylic acids is 1. The standard InChI is InChI=1S/C9H14N2O2/c1-6-7(2)10-11-8(6)4-3-5-9(12)13/h3-5H2,1-2H3,(H,10,11)(H,12,13). The molecule has 0 aliphatic carbocycles. The van der Waals surface area contributed by atoms with E-state index in [2.05, 4.69) is 10.2 Å². The zero-order chi connectivity index (χ0) is 9.84. The number of nitrogens with zero attached hydrogens (tertiary/aromatic N) is 1. The van der Waals surface area contributed by atoms with E-state index in [0.717, 1.165) is 23.4 Å². The highest BCUT2D eigenvalue weighted by Gasteiger charge is 2.05. The smallest absolute Gasteiger partial charge is 0.303 e. The molecule has 0 fully saturated rings. The van der Waals surface area contributed by atoms with Crippen molar-refractivity contribution >= 4 is 5.97 Å². The summed E-state index contributed by atoms with van der Waals surface area (Å²) in [5.41, 5.74) is 3.19. The highest BCUT2D eigenvalue weighted by Crippen LogP contribution is 2.10. The van der Waals surface area contributed by atoms with Crippen LogP contribution in [0.2, 0.25) is 0 Å². The second-order valence-corrected chi connectivity index (χ2v) is 3.17. The van der Waals surface area contributed by atoms with Crippen LogP contribution in [0.4, 0.5) is 0 Å². The molecular formula is C9H14N2O2. The van der Waals surface area contributed by atoms with Gasteiger partial charge < -0.3 is 5.11 Å². The molecular weight excluding hydrogens is 168 g/mol. The van der Waals surface area contributed by atoms with Gasteiger partial charge >= 0.3 is 5.97 Å². The largest absolute Gasteiger partial charge is 0.481 e. The first-order valence-electron chi connectivity index (χ1n) is 4.33. The molecule has 0 unspecified atom stereocenters. The predicted octanol–water partition coefficient (Wildman–Crippen LogP) is 1.43. The Kier molecular flexibility index (Phi) is 3.06. The SMILES string of the molecule is Cc1[nH]nc(CCCC(=O)O)c1C. The van der Waals surface area contributed by atoms with Gasteiger partial charge in [0.2, 0.25) is 0 Å². The van der Waals surface area contributed by atoms with Crippen LogP contribution < -0.4 is 0 Å². The quantitative estimate of drug-likeness (QED) is 0.740. The Bertz CT molecular complexity index is 305. The number of rotatable bonds is 4. The number of carboxylic acids is 1. The van der Waals surface area contributed by atoms with Crippen molar-refractivity contribution < 1.29 is 9.90 Å². The van der Waals surface area contributed by atoms with E-state index >= 15 is 0 Å². The third-order valence-corrected chi connectivity index (χ3v) is 2.16. The summed E-state index contributed by atoms with van der Waals surface area (Å²) in [5, 5.41) is 15.4. The minimum Gasteiger partial charge on any atom is -0.481 e. The van der Waals surface area contributed by atoms with Crippen molar-refractivity contribution in [3.05, 3.63) is 17.0 Å². The van der Waals surface area contributed by atoms with E-state index in [0.29, 0.717) is 6.42 Å². The lowest BCUT2D eigenvalue weighted by molar-refractivity contribution is -0.137. The van der Waals surface area contributed by atoms with Crippen molar-refractivity contribution in [2.75, 3.05) is 0 Å². The van der Waals surface area contributed by atoms with Gasteiger partial charge in [-0.2, -0.15) is 5.10 Å². The summed E-state index contributed by atoms with van der Waals surface area (Å²) in [6.07, 6.45) is 1.61. The lowest BCUT2D eigenvalue weighted by Gasteiger charge is -1.95. The number of aryl methyl sites for hydroxylation is 2. The molecule has 0 aromatic carbocycles. The summed E-state index contributed by atoms with van der Waals surface area (Å²) in [4.78, 5) is 10.3. The topological polar surface area (TPSA) is 66.0 Å². The van der Waals surface area contributed by atoms with Crippen molar-refractivity contribution in [3.8, 4) is 0 Å². The fourth-order valence-corrected chi connectivity index (χ4v) is 1.19. The Morgan fingerprint density at radius 2 is 2.23 bits per heavy atom. The Labute approximate surface area is 77.0 Å². The second-order valence-electron chi connectivity index (χ2n) is 3.17. The molecule has 1 aromatic heterocycles. The summed E-state index contributed by atoms with van der Waals surface area (Å²) in [5.74, 6) is -0.745. The van der Waals surface area contributed by atoms with Crippen LogP contribution in [-0.4, -0.2) is 21.3 Å². The molecule has 0 amide bonds. The number of nitrogens with one attached hydrogen (secondary N) is 1. The van der Waals surface area contributed by atoms with Crippen molar-refractivity contribution in [1.82, 2.24) is 10.2 Å². The zero-order valence-corrected chi connectivity index (χ0v) is 7.92. The van der Waals surface area contributed by atoms with Crippen LogP contribution in [0.15, 0.2) is 0 Å². The fraction of sp³-hybridized carbons (Fsp3) is 0.556. The minimum absolute atomic E-state index is 0.214. The van der Waals surface area contributed by atoms with Crippen LogP contribution in [0.25, 0.3) is 0 Å². The van der Waals surface area contributed by atoms with Gasteiger partial charge in [0.1, 0.15) is 0 Å². The molecule has 0 aliphatic heterocycles. The molecule has 0 saturated carbocycles. The molecule has 1 rings (SSSR count). The molecule has 1 heterocycles. The van der Waals surface area contributed by atoms with Gasteiger partial charge in [-0.15, -0.1) is 0 Å². The first kappa shape index (κ1) is 9.77. The molecule has 0 spiro atoms. The van der Waals surface area contributed by atoms with Crippen LogP contribution in [0.1, 0.15) is 29.8 Å². The van der Waals surface area contributed by atoms with Gasteiger partial charge in [-0.05, 0) is 32.3 Å². The number of aromatic amines is 1. The average Bonchev–Trinajstić information content (AvgIpc) is 2.35. The number of carbonyl (C=O) groups is 1. The lowest BCUT2D eigenvalue weighted by Crippen LogP contribution is -1.97. The fourth-order valence-electron chi connectivity index (χ4n) is 1.19. The molecule has 0 radical (unpaired) electrons. The van der Waals surface area contributed by atoms with E-state index in [1.54, 1.807) is 0 Å². The van der Waals surface area contributed by atoms with Crippen LogP contribution >= 0.6 is 0 Å². The molecule has 0 aliphatic rings. The zero-order valence-electron chi connectivity index (χ0n) is 7.92. The maximum atomic E-state index is 10.3. The number of aromatic nitrogens is 2. The summed E-state index contributed by atoms with van der Waals surface area (Å²) >= 11 is 0. The highest BCUT2D eigenvalue weighted by molar-refractivity contribution is 5.66. The van der Waals surface area contributed by atoms with Gasteiger partial charge in [-0.1, -0.05) is 0 Å². The minimum atomic E-state index is -0.745. The van der Waals surface area contributed by atoms with E-state index in [-0.39, 0.29) is 6.42 Å². The predicted molar refractivity (Wildman–Crippen MR) is 48.6 cm³/mol. The van der Waals surface area contributed by atoms with Gasteiger partial charge in [0.25, 0.3) is 0 Å². The van der Waals surface area contributed by atoms with Crippen LogP contribution in [0, 0.1) is 13.8 Å². The van der Waals surface area contributed by atoms with E-state index in [1.807, 2.05) is 13.8 Å². The molecule has 4 nitrogen and oxygen atoms in total. The lowest BCUT2D eigenvalue weighted by atomic mass is 10.1. The molecule has 0 saturated heterocycles. The van der Waals surface area contributed by atoms with Crippen molar-refractivity contribution in [1.29, 1.82) is 0 Å². The number of hydrogen-bond donors (Lipinski definition) is 2. The summed E-state index contributed by atoms with van der Waals surface area (Å²) < 4.78 is 0. The third-order valence-electron chi connectivity index (χ3n) is 2.16. The van der Waals surface area contributed by atoms with Crippen molar-refractivity contribution in [3.63, 3.8) is 0 Å². The molecule has 72 valence electrons. The highest BCUT2D eigenvalue weighted by atomic mass is 16.4. The number of carboxylic acid groups (broad SMARTS) is 1. The van der Waals surface area contributed by atoms with Crippen molar-refractivity contribution in [2.45, 2.75) is 33.1 Å². The van der Waals surface area contributed by atoms with Crippen LogP contribution in [0.3, 0.4) is 0 Å². The Balaban J connectivity index is 2.45. The van der Waals surface area contributed by atoms with Crippen molar-refractivity contribution in [2.24, 2.45) is 0 Å². The first-order valence-corrected chi connectivity index (χ1v) is 4.33. The van der Waals surface area contributed by atoms with Gasteiger partial charge in [0, 0.05) is 12.1 Å². The normalized spacial score (nSPS) is 10.3. The number of H-pyrrole nitrogens is 1. The molecule has 4 heteroatoms. The third kappa shape index (κ3) is 2.57. The maximum Gasteiger partial charge on any atom is 0.303 e. The Hall–Kier alpha value is -1.32. The second kappa shape index (κ2) is 4.07. The van der Waals surface area contributed by atoms with Gasteiger partial charge in [-0.3, -0.25) is 9.89 Å². The molecule has 0 atom stereocenters. The van der Waals surface area contributed by atoms with Crippen LogP contribution in [-0.2, 0) is 11.2 Å². The summed E-state index contributed by atoms with van der Waals surface area (Å²) in [7, 11) is 0. The molecule has 1 aromatic rings. The molecule has 2 N–H and O–H groups in total. The molecule has 13 heavy (non-hydrogen) atoms. The summed E-state index contributed by atoms with van der Waals surface area (Å²) in [6, 6.07) is 0. The van der Waals surface area contributed by atoms with E-state index in [4.69, 9.17) is 5.11 Å². The summed E-state index contributed by atoms with van der Waals surface area (Å²) in [6.45, 7) is 3.96.